The smallest absolute Gasteiger partial charge is 0.0594 e. The number of likely N-dealkylation sites (tertiary alicyclic amines) is 1. The van der Waals surface area contributed by atoms with E-state index in [0.717, 1.165) is 45.8 Å². The van der Waals surface area contributed by atoms with Crippen LogP contribution in [0.25, 0.3) is 0 Å². The Balaban J connectivity index is 2.01. The van der Waals surface area contributed by atoms with Crippen LogP contribution in [0.3, 0.4) is 0 Å². The molecule has 0 amide bonds. The second-order valence-electron chi connectivity index (χ2n) is 5.15. The number of nitrogens with zero attached hydrogens (tertiary/aromatic N) is 2. The fourth-order valence-electron chi connectivity index (χ4n) is 2.00. The van der Waals surface area contributed by atoms with Crippen molar-refractivity contribution in [1.82, 2.24) is 9.80 Å². The number of piperidine rings is 1. The van der Waals surface area contributed by atoms with Crippen LogP contribution >= 0.6 is 0 Å². The van der Waals surface area contributed by atoms with Gasteiger partial charge in [-0.3, -0.25) is 0 Å². The van der Waals surface area contributed by atoms with E-state index in [0.29, 0.717) is 12.0 Å². The lowest BCUT2D eigenvalue weighted by molar-refractivity contribution is 0.0750. The highest BCUT2D eigenvalue weighted by Gasteiger charge is 2.22. The van der Waals surface area contributed by atoms with Crippen molar-refractivity contribution >= 4 is 0 Å². The Bertz CT molecular complexity index is 187. The Labute approximate surface area is 99.7 Å². The molecule has 96 valence electrons. The first kappa shape index (κ1) is 13.9. The zero-order valence-corrected chi connectivity index (χ0v) is 11.0. The number of rotatable bonds is 6. The molecule has 0 aromatic rings. The maximum atomic E-state index is 5.99. The van der Waals surface area contributed by atoms with Gasteiger partial charge in [-0.05, 0) is 33.0 Å². The van der Waals surface area contributed by atoms with Crippen molar-refractivity contribution in [3.63, 3.8) is 0 Å². The van der Waals surface area contributed by atoms with Crippen LogP contribution in [0.1, 0.15) is 13.3 Å². The number of hydrogen-bond donors (Lipinski definition) is 1. The summed E-state index contributed by atoms with van der Waals surface area (Å²) >= 11 is 0. The monoisotopic (exact) mass is 229 g/mol. The second kappa shape index (κ2) is 7.22. The lowest BCUT2D eigenvalue weighted by Crippen LogP contribution is -2.46. The van der Waals surface area contributed by atoms with Gasteiger partial charge in [-0.15, -0.1) is 0 Å². The molecule has 0 saturated carbocycles. The molecule has 1 aliphatic rings. The quantitative estimate of drug-likeness (QED) is 0.662. The predicted octanol–water partition coefficient (Wildman–Crippen LogP) is 0.234. The maximum Gasteiger partial charge on any atom is 0.0594 e. The molecular formula is C12H27N3O. The summed E-state index contributed by atoms with van der Waals surface area (Å²) in [6, 6.07) is 0.394. The summed E-state index contributed by atoms with van der Waals surface area (Å²) in [5, 5.41) is 0. The molecule has 1 fully saturated rings. The van der Waals surface area contributed by atoms with Crippen LogP contribution in [-0.4, -0.2) is 69.3 Å². The summed E-state index contributed by atoms with van der Waals surface area (Å²) in [6.45, 7) is 8.21. The van der Waals surface area contributed by atoms with Gasteiger partial charge in [0.25, 0.3) is 0 Å². The molecule has 4 nitrogen and oxygen atoms in total. The summed E-state index contributed by atoms with van der Waals surface area (Å²) in [6.07, 6.45) is 1.12. The fourth-order valence-corrected chi connectivity index (χ4v) is 2.00. The molecule has 0 aromatic carbocycles. The highest BCUT2D eigenvalue weighted by atomic mass is 16.5. The van der Waals surface area contributed by atoms with E-state index < -0.39 is 0 Å². The van der Waals surface area contributed by atoms with Crippen molar-refractivity contribution in [3.8, 4) is 0 Å². The van der Waals surface area contributed by atoms with Crippen LogP contribution in [0.5, 0.6) is 0 Å². The van der Waals surface area contributed by atoms with E-state index in [2.05, 4.69) is 30.8 Å². The third-order valence-corrected chi connectivity index (χ3v) is 3.29. The molecule has 0 radical (unpaired) electrons. The van der Waals surface area contributed by atoms with E-state index in [9.17, 15) is 0 Å². The van der Waals surface area contributed by atoms with Crippen LogP contribution in [0, 0.1) is 5.92 Å². The van der Waals surface area contributed by atoms with Gasteiger partial charge in [-0.2, -0.15) is 0 Å². The highest BCUT2D eigenvalue weighted by molar-refractivity contribution is 4.79. The van der Waals surface area contributed by atoms with Crippen molar-refractivity contribution < 1.29 is 4.74 Å². The third kappa shape index (κ3) is 5.25. The normalized spacial score (nSPS) is 27.6. The average molecular weight is 229 g/mol. The molecule has 0 aliphatic carbocycles. The van der Waals surface area contributed by atoms with Gasteiger partial charge in [-0.1, -0.05) is 6.92 Å². The van der Waals surface area contributed by atoms with Crippen molar-refractivity contribution in [2.45, 2.75) is 19.4 Å². The summed E-state index contributed by atoms with van der Waals surface area (Å²) in [5.74, 6) is 0.621. The van der Waals surface area contributed by atoms with Crippen LogP contribution in [0.4, 0.5) is 0 Å². The molecule has 1 saturated heterocycles. The van der Waals surface area contributed by atoms with Gasteiger partial charge in [0.05, 0.1) is 13.2 Å². The van der Waals surface area contributed by atoms with Crippen LogP contribution in [0.15, 0.2) is 0 Å². The molecule has 1 rings (SSSR count). The number of hydrogen-bond acceptors (Lipinski definition) is 4. The molecule has 0 spiro atoms. The van der Waals surface area contributed by atoms with Crippen molar-refractivity contribution in [2.75, 3.05) is 53.5 Å². The summed E-state index contributed by atoms with van der Waals surface area (Å²) in [7, 11) is 4.13. The second-order valence-corrected chi connectivity index (χ2v) is 5.15. The fraction of sp³-hybridized carbons (Fsp3) is 1.00. The van der Waals surface area contributed by atoms with E-state index in [1.807, 2.05) is 0 Å². The van der Waals surface area contributed by atoms with Gasteiger partial charge in [0.15, 0.2) is 0 Å². The van der Waals surface area contributed by atoms with Gasteiger partial charge >= 0.3 is 0 Å². The molecule has 1 heterocycles. The molecule has 16 heavy (non-hydrogen) atoms. The first-order valence-corrected chi connectivity index (χ1v) is 6.30. The lowest BCUT2D eigenvalue weighted by Gasteiger charge is -2.34. The summed E-state index contributed by atoms with van der Waals surface area (Å²) < 4.78 is 5.59. The molecule has 2 N–H and O–H groups in total. The Hall–Kier alpha value is -0.160. The predicted molar refractivity (Wildman–Crippen MR) is 67.6 cm³/mol. The number of nitrogens with two attached hydrogens (primary N) is 1. The number of ether oxygens (including phenoxy) is 1. The zero-order chi connectivity index (χ0) is 12.0. The topological polar surface area (TPSA) is 41.7 Å². The van der Waals surface area contributed by atoms with E-state index in [1.54, 1.807) is 0 Å². The zero-order valence-electron chi connectivity index (χ0n) is 11.0. The standard InChI is InChI=1S/C12H27N3O/c1-11-10-15(5-4-12(11)13)7-9-16-8-6-14(2)3/h11-12H,4-10,13H2,1-3H3. The molecule has 0 aromatic heterocycles. The van der Waals surface area contributed by atoms with Crippen molar-refractivity contribution in [2.24, 2.45) is 11.7 Å². The highest BCUT2D eigenvalue weighted by Crippen LogP contribution is 2.14. The van der Waals surface area contributed by atoms with Crippen LogP contribution < -0.4 is 5.73 Å². The largest absolute Gasteiger partial charge is 0.379 e. The average Bonchev–Trinajstić information content (AvgIpc) is 2.22. The van der Waals surface area contributed by atoms with E-state index in [1.165, 1.54) is 0 Å². The molecule has 2 atom stereocenters. The first-order valence-electron chi connectivity index (χ1n) is 6.30. The Kier molecular flexibility index (Phi) is 6.28. The van der Waals surface area contributed by atoms with E-state index in [-0.39, 0.29) is 0 Å². The van der Waals surface area contributed by atoms with Crippen molar-refractivity contribution in [3.05, 3.63) is 0 Å². The lowest BCUT2D eigenvalue weighted by atomic mass is 9.95. The Morgan fingerprint density at radius 1 is 1.38 bits per heavy atom. The van der Waals surface area contributed by atoms with E-state index in [4.69, 9.17) is 10.5 Å². The maximum absolute atomic E-state index is 5.99. The molecule has 1 aliphatic heterocycles. The van der Waals surface area contributed by atoms with E-state index >= 15 is 0 Å². The molecular weight excluding hydrogens is 202 g/mol. The van der Waals surface area contributed by atoms with Gasteiger partial charge in [-0.25, -0.2) is 0 Å². The summed E-state index contributed by atoms with van der Waals surface area (Å²) in [4.78, 5) is 4.60. The minimum atomic E-state index is 0.394. The third-order valence-electron chi connectivity index (χ3n) is 3.29. The molecule has 4 heteroatoms. The number of likely N-dealkylation sites (N-methyl/N-ethyl adjacent to an activating group) is 1. The van der Waals surface area contributed by atoms with Crippen LogP contribution in [0.2, 0.25) is 0 Å². The molecule has 0 bridgehead atoms. The Morgan fingerprint density at radius 2 is 2.12 bits per heavy atom. The summed E-state index contributed by atoms with van der Waals surface area (Å²) in [5.41, 5.74) is 5.99. The molecule has 2 unspecified atom stereocenters. The van der Waals surface area contributed by atoms with Gasteiger partial charge < -0.3 is 20.3 Å². The first-order chi connectivity index (χ1) is 7.59. The van der Waals surface area contributed by atoms with Crippen molar-refractivity contribution in [1.29, 1.82) is 0 Å². The minimum Gasteiger partial charge on any atom is -0.379 e. The SMILES string of the molecule is CC1CN(CCOCCN(C)C)CCC1N. The Morgan fingerprint density at radius 3 is 2.75 bits per heavy atom. The van der Waals surface area contributed by atoms with Gasteiger partial charge in [0.1, 0.15) is 0 Å². The van der Waals surface area contributed by atoms with Gasteiger partial charge in [0, 0.05) is 25.7 Å². The van der Waals surface area contributed by atoms with Crippen LogP contribution in [-0.2, 0) is 4.74 Å². The van der Waals surface area contributed by atoms with Gasteiger partial charge in [0.2, 0.25) is 0 Å². The minimum absolute atomic E-state index is 0.394.